The molecule has 0 radical (unpaired) electrons. The smallest absolute Gasteiger partial charge is 0.413 e. The second kappa shape index (κ2) is 12.6. The van der Waals surface area contributed by atoms with Crippen LogP contribution in [0.5, 0.6) is 0 Å². The van der Waals surface area contributed by atoms with Crippen LogP contribution >= 0.6 is 12.2 Å². The number of aromatic nitrogens is 2. The molecule has 1 amide bonds. The Morgan fingerprint density at radius 3 is 2.16 bits per heavy atom. The fourth-order valence-electron chi connectivity index (χ4n) is 4.00. The molecule has 9 heteroatoms. The van der Waals surface area contributed by atoms with Gasteiger partial charge in [0.2, 0.25) is 0 Å². The topological polar surface area (TPSA) is 102 Å². The number of rotatable bonds is 8. The van der Waals surface area contributed by atoms with Crippen LogP contribution in [0.4, 0.5) is 4.79 Å². The number of hydrogen-bond acceptors (Lipinski definition) is 7. The molecule has 3 aromatic rings. The molecule has 0 saturated heterocycles. The molecule has 0 saturated carbocycles. The van der Waals surface area contributed by atoms with Crippen LogP contribution in [0.2, 0.25) is 0 Å². The summed E-state index contributed by atoms with van der Waals surface area (Å²) in [6.07, 6.45) is 2.57. The Bertz CT molecular complexity index is 1230. The van der Waals surface area contributed by atoms with Crippen molar-refractivity contribution in [2.24, 2.45) is 5.41 Å². The lowest BCUT2D eigenvalue weighted by molar-refractivity contribution is -0.157. The van der Waals surface area contributed by atoms with Gasteiger partial charge in [-0.1, -0.05) is 75.4 Å². The van der Waals surface area contributed by atoms with E-state index in [-0.39, 0.29) is 23.2 Å². The van der Waals surface area contributed by atoms with Crippen LogP contribution in [0, 0.1) is 5.41 Å². The highest BCUT2D eigenvalue weighted by Gasteiger charge is 2.46. The minimum absolute atomic E-state index is 0.0523. The zero-order chi connectivity index (χ0) is 27.8. The summed E-state index contributed by atoms with van der Waals surface area (Å²) in [5, 5.41) is 5.60. The lowest BCUT2D eigenvalue weighted by Gasteiger charge is -2.39. The van der Waals surface area contributed by atoms with E-state index >= 15 is 0 Å². The molecule has 0 aliphatic rings. The minimum atomic E-state index is -1.39. The largest absolute Gasteiger partial charge is 0.461 e. The fraction of sp³-hybridized carbons (Fsp3) is 0.345. The summed E-state index contributed by atoms with van der Waals surface area (Å²) in [5.41, 5.74) is 0.545. The summed E-state index contributed by atoms with van der Waals surface area (Å²) >= 11 is 5.48. The standard InChI is InChI=1S/C29H34N4O4S/c1-20(2)37-25(34)29(19-28(3,4)5,23-14-12-22(13-15-23)24-30-16-9-17-31-24)33-26(38)32-27(35)36-18-21-10-7-6-8-11-21/h6-17,20H,18-19H2,1-5H3,(H2,32,33,35,38). The van der Waals surface area contributed by atoms with Crippen molar-refractivity contribution in [2.45, 2.75) is 59.3 Å². The molecule has 0 spiro atoms. The molecular weight excluding hydrogens is 500 g/mol. The number of esters is 1. The number of benzene rings is 2. The summed E-state index contributed by atoms with van der Waals surface area (Å²) in [4.78, 5) is 34.8. The van der Waals surface area contributed by atoms with Crippen LogP contribution in [0.15, 0.2) is 73.1 Å². The van der Waals surface area contributed by atoms with Gasteiger partial charge in [0, 0.05) is 18.0 Å². The van der Waals surface area contributed by atoms with Crippen LogP contribution in [-0.4, -0.2) is 33.2 Å². The molecule has 0 bridgehead atoms. The first kappa shape index (κ1) is 28.7. The number of hydrogen-bond donors (Lipinski definition) is 2. The maximum Gasteiger partial charge on any atom is 0.413 e. The van der Waals surface area contributed by atoms with Gasteiger partial charge in [-0.05, 0) is 55.1 Å². The van der Waals surface area contributed by atoms with Gasteiger partial charge < -0.3 is 14.8 Å². The van der Waals surface area contributed by atoms with Crippen molar-refractivity contribution < 1.29 is 19.1 Å². The molecule has 1 unspecified atom stereocenters. The van der Waals surface area contributed by atoms with Crippen LogP contribution in [0.1, 0.15) is 52.2 Å². The highest BCUT2D eigenvalue weighted by molar-refractivity contribution is 7.80. The highest BCUT2D eigenvalue weighted by Crippen LogP contribution is 2.37. The third-order valence-corrected chi connectivity index (χ3v) is 5.65. The first-order chi connectivity index (χ1) is 18.0. The Kier molecular flexibility index (Phi) is 9.52. The number of carbonyl (C=O) groups excluding carboxylic acids is 2. The molecule has 2 aromatic carbocycles. The Hall–Kier alpha value is -3.85. The molecule has 8 nitrogen and oxygen atoms in total. The van der Waals surface area contributed by atoms with E-state index in [1.165, 1.54) is 0 Å². The molecule has 0 aliphatic heterocycles. The normalized spacial score (nSPS) is 12.8. The number of nitrogens with zero attached hydrogens (tertiary/aromatic N) is 2. The molecular formula is C29H34N4O4S. The van der Waals surface area contributed by atoms with Gasteiger partial charge in [-0.15, -0.1) is 0 Å². The van der Waals surface area contributed by atoms with Gasteiger partial charge in [0.25, 0.3) is 0 Å². The van der Waals surface area contributed by atoms with Crippen LogP contribution < -0.4 is 10.6 Å². The van der Waals surface area contributed by atoms with Gasteiger partial charge >= 0.3 is 12.1 Å². The van der Waals surface area contributed by atoms with Crippen molar-refractivity contribution in [3.8, 4) is 11.4 Å². The van der Waals surface area contributed by atoms with Crippen molar-refractivity contribution in [1.29, 1.82) is 0 Å². The maximum atomic E-state index is 13.7. The molecule has 2 N–H and O–H groups in total. The summed E-state index contributed by atoms with van der Waals surface area (Å²) < 4.78 is 11.0. The third-order valence-electron chi connectivity index (χ3n) is 5.44. The predicted octanol–water partition coefficient (Wildman–Crippen LogP) is 5.53. The third kappa shape index (κ3) is 8.08. The average molecular weight is 535 g/mol. The van der Waals surface area contributed by atoms with E-state index in [1.54, 1.807) is 32.3 Å². The van der Waals surface area contributed by atoms with Gasteiger partial charge in [-0.3, -0.25) is 5.32 Å². The summed E-state index contributed by atoms with van der Waals surface area (Å²) in [6, 6.07) is 18.4. The van der Waals surface area contributed by atoms with Crippen molar-refractivity contribution in [2.75, 3.05) is 0 Å². The Balaban J connectivity index is 1.90. The van der Waals surface area contributed by atoms with E-state index in [1.807, 2.05) is 75.4 Å². The lowest BCUT2D eigenvalue weighted by atomic mass is 9.75. The van der Waals surface area contributed by atoms with Gasteiger partial charge in [-0.2, -0.15) is 0 Å². The second-order valence-corrected chi connectivity index (χ2v) is 10.8. The monoisotopic (exact) mass is 534 g/mol. The van der Waals surface area contributed by atoms with Gasteiger partial charge in [0.15, 0.2) is 16.5 Å². The summed E-state index contributed by atoms with van der Waals surface area (Å²) in [5.74, 6) is 0.0597. The van der Waals surface area contributed by atoms with Crippen molar-refractivity contribution >= 4 is 29.4 Å². The van der Waals surface area contributed by atoms with Gasteiger partial charge in [-0.25, -0.2) is 19.6 Å². The molecule has 1 atom stereocenters. The zero-order valence-electron chi connectivity index (χ0n) is 22.4. The number of thiocarbonyl (C=S) groups is 1. The average Bonchev–Trinajstić information content (AvgIpc) is 2.87. The second-order valence-electron chi connectivity index (χ2n) is 10.4. The van der Waals surface area contributed by atoms with Gasteiger partial charge in [0.1, 0.15) is 6.61 Å². The van der Waals surface area contributed by atoms with Crippen molar-refractivity contribution in [1.82, 2.24) is 20.6 Å². The summed E-state index contributed by atoms with van der Waals surface area (Å²) in [6.45, 7) is 9.70. The van der Waals surface area contributed by atoms with Crippen LogP contribution in [0.25, 0.3) is 11.4 Å². The quantitative estimate of drug-likeness (QED) is 0.287. The van der Waals surface area contributed by atoms with E-state index in [9.17, 15) is 9.59 Å². The number of alkyl carbamates (subject to hydrolysis) is 1. The molecule has 38 heavy (non-hydrogen) atoms. The molecule has 1 aromatic heterocycles. The van der Waals surface area contributed by atoms with E-state index in [2.05, 4.69) is 20.6 Å². The van der Waals surface area contributed by atoms with E-state index < -0.39 is 17.6 Å². The summed E-state index contributed by atoms with van der Waals surface area (Å²) in [7, 11) is 0. The molecule has 0 aliphatic carbocycles. The van der Waals surface area contributed by atoms with Crippen LogP contribution in [0.3, 0.4) is 0 Å². The first-order valence-corrected chi connectivity index (χ1v) is 12.8. The first-order valence-electron chi connectivity index (χ1n) is 12.4. The number of nitrogens with one attached hydrogen (secondary N) is 2. The Morgan fingerprint density at radius 1 is 0.947 bits per heavy atom. The molecule has 3 rings (SSSR count). The van der Waals surface area contributed by atoms with Gasteiger partial charge in [0.05, 0.1) is 6.10 Å². The fourth-order valence-corrected chi connectivity index (χ4v) is 4.26. The maximum absolute atomic E-state index is 13.7. The lowest BCUT2D eigenvalue weighted by Crippen LogP contribution is -2.58. The number of carbonyl (C=O) groups is 2. The Labute approximate surface area is 229 Å². The minimum Gasteiger partial charge on any atom is -0.461 e. The van der Waals surface area contributed by atoms with Crippen LogP contribution in [-0.2, 0) is 26.4 Å². The van der Waals surface area contributed by atoms with Crippen molar-refractivity contribution in [3.05, 3.63) is 84.2 Å². The zero-order valence-corrected chi connectivity index (χ0v) is 23.2. The number of amides is 1. The highest BCUT2D eigenvalue weighted by atomic mass is 32.1. The molecule has 0 fully saturated rings. The molecule has 1 heterocycles. The van der Waals surface area contributed by atoms with E-state index in [0.29, 0.717) is 17.8 Å². The van der Waals surface area contributed by atoms with E-state index in [4.69, 9.17) is 21.7 Å². The van der Waals surface area contributed by atoms with E-state index in [0.717, 1.165) is 11.1 Å². The number of ether oxygens (including phenoxy) is 2. The Morgan fingerprint density at radius 2 is 1.58 bits per heavy atom. The van der Waals surface area contributed by atoms with Crippen molar-refractivity contribution in [3.63, 3.8) is 0 Å². The predicted molar refractivity (Wildman–Crippen MR) is 150 cm³/mol. The molecule has 200 valence electrons. The SMILES string of the molecule is CC(C)OC(=O)C(CC(C)(C)C)(NC(=S)NC(=O)OCc1ccccc1)c1ccc(-c2ncccn2)cc1.